The van der Waals surface area contributed by atoms with Crippen molar-refractivity contribution >= 4 is 29.9 Å². The number of piperidine rings is 2. The number of ether oxygens (including phenoxy) is 1. The predicted molar refractivity (Wildman–Crippen MR) is 135 cm³/mol. The minimum atomic E-state index is 0. The normalized spacial score (nSPS) is 28.5. The molecule has 2 unspecified atom stereocenters. The first kappa shape index (κ1) is 23.6. The minimum absolute atomic E-state index is 0. The zero-order valence-electron chi connectivity index (χ0n) is 18.8. The monoisotopic (exact) mass is 526 g/mol. The molecule has 3 aliphatic rings. The maximum absolute atomic E-state index is 5.49. The van der Waals surface area contributed by atoms with Crippen molar-refractivity contribution in [3.63, 3.8) is 0 Å². The predicted octanol–water partition coefficient (Wildman–Crippen LogP) is 4.31. The highest BCUT2D eigenvalue weighted by Crippen LogP contribution is 2.41. The van der Waals surface area contributed by atoms with E-state index >= 15 is 0 Å². The molecule has 2 aliphatic heterocycles. The van der Waals surface area contributed by atoms with Gasteiger partial charge in [-0.1, -0.05) is 31.4 Å². The molecule has 4 rings (SSSR count). The van der Waals surface area contributed by atoms with Gasteiger partial charge in [-0.15, -0.1) is 24.0 Å². The third-order valence-electron chi connectivity index (χ3n) is 7.74. The molecule has 2 N–H and O–H groups in total. The lowest BCUT2D eigenvalue weighted by atomic mass is 9.78. The number of nitrogens with one attached hydrogen (secondary N) is 2. The summed E-state index contributed by atoms with van der Waals surface area (Å²) in [7, 11) is 5.97. The van der Waals surface area contributed by atoms with Crippen molar-refractivity contribution in [1.82, 2.24) is 15.5 Å². The third kappa shape index (κ3) is 5.06. The highest BCUT2D eigenvalue weighted by atomic mass is 127. The molecule has 1 aromatic carbocycles. The number of fused-ring (bicyclic) bond motifs is 2. The summed E-state index contributed by atoms with van der Waals surface area (Å²) in [6, 6.07) is 10.7. The van der Waals surface area contributed by atoms with Crippen LogP contribution in [-0.4, -0.2) is 56.7 Å². The summed E-state index contributed by atoms with van der Waals surface area (Å²) >= 11 is 0. The fourth-order valence-electron chi connectivity index (χ4n) is 5.95. The standard InChI is InChI=1S/C24H38N4O.HI/c1-25-23(27-19-15-20-9-7-10-21(16-19)28(20)2)26-17-24(12-4-5-13-24)18-8-6-11-22(14-18)29-3;/h6,8,11,14,19-21H,4-5,7,9-10,12-13,15-17H2,1-3H3,(H2,25,26,27);1H. The molecule has 2 atom stereocenters. The van der Waals surface area contributed by atoms with Gasteiger partial charge in [-0.05, 0) is 63.3 Å². The number of hydrogen-bond donors (Lipinski definition) is 2. The highest BCUT2D eigenvalue weighted by molar-refractivity contribution is 14.0. The van der Waals surface area contributed by atoms with Crippen LogP contribution < -0.4 is 15.4 Å². The van der Waals surface area contributed by atoms with E-state index in [1.165, 1.54) is 63.4 Å². The van der Waals surface area contributed by atoms with Crippen molar-refractivity contribution in [2.75, 3.05) is 27.7 Å². The Morgan fingerprint density at radius 2 is 1.87 bits per heavy atom. The number of halogens is 1. The molecular formula is C24H39IN4O. The summed E-state index contributed by atoms with van der Waals surface area (Å²) in [6.07, 6.45) is 11.6. The van der Waals surface area contributed by atoms with E-state index in [1.54, 1.807) is 7.11 Å². The molecule has 0 radical (unpaired) electrons. The summed E-state index contributed by atoms with van der Waals surface area (Å²) < 4.78 is 5.49. The number of hydrogen-bond acceptors (Lipinski definition) is 3. The van der Waals surface area contributed by atoms with E-state index in [-0.39, 0.29) is 29.4 Å². The summed E-state index contributed by atoms with van der Waals surface area (Å²) in [5.74, 6) is 1.92. The Labute approximate surface area is 199 Å². The number of rotatable bonds is 5. The number of methoxy groups -OCH3 is 1. The van der Waals surface area contributed by atoms with Crippen LogP contribution in [0.3, 0.4) is 0 Å². The van der Waals surface area contributed by atoms with Crippen LogP contribution in [0.2, 0.25) is 0 Å². The molecular weight excluding hydrogens is 487 g/mol. The van der Waals surface area contributed by atoms with Gasteiger partial charge in [0.05, 0.1) is 7.11 Å². The van der Waals surface area contributed by atoms with E-state index < -0.39 is 0 Å². The summed E-state index contributed by atoms with van der Waals surface area (Å²) in [5.41, 5.74) is 1.57. The Hall–Kier alpha value is -1.02. The van der Waals surface area contributed by atoms with Crippen LogP contribution in [0.1, 0.15) is 63.4 Å². The fourth-order valence-corrected chi connectivity index (χ4v) is 5.95. The summed E-state index contributed by atoms with van der Waals surface area (Å²) in [6.45, 7) is 0.930. The molecule has 6 heteroatoms. The molecule has 1 aromatic rings. The van der Waals surface area contributed by atoms with Gasteiger partial charge in [0.1, 0.15) is 5.75 Å². The van der Waals surface area contributed by atoms with Crippen molar-refractivity contribution in [3.05, 3.63) is 29.8 Å². The van der Waals surface area contributed by atoms with Gasteiger partial charge < -0.3 is 20.3 Å². The second-order valence-corrected chi connectivity index (χ2v) is 9.36. The van der Waals surface area contributed by atoms with Crippen LogP contribution in [0.15, 0.2) is 29.3 Å². The van der Waals surface area contributed by atoms with Crippen molar-refractivity contribution in [3.8, 4) is 5.75 Å². The van der Waals surface area contributed by atoms with Gasteiger partial charge in [-0.25, -0.2) is 0 Å². The number of guanidine groups is 1. The molecule has 3 fully saturated rings. The molecule has 2 bridgehead atoms. The van der Waals surface area contributed by atoms with Gasteiger partial charge in [-0.3, -0.25) is 4.99 Å². The first-order chi connectivity index (χ1) is 14.1. The van der Waals surface area contributed by atoms with Crippen molar-refractivity contribution in [2.45, 2.75) is 81.3 Å². The van der Waals surface area contributed by atoms with E-state index in [4.69, 9.17) is 4.74 Å². The Balaban J connectivity index is 0.00000256. The van der Waals surface area contributed by atoms with Gasteiger partial charge in [-0.2, -0.15) is 0 Å². The van der Waals surface area contributed by atoms with Gasteiger partial charge in [0, 0.05) is 37.1 Å². The van der Waals surface area contributed by atoms with Gasteiger partial charge >= 0.3 is 0 Å². The van der Waals surface area contributed by atoms with Crippen molar-refractivity contribution in [1.29, 1.82) is 0 Å². The molecule has 168 valence electrons. The lowest BCUT2D eigenvalue weighted by Crippen LogP contribution is -2.57. The Bertz CT molecular complexity index is 705. The molecule has 2 heterocycles. The lowest BCUT2D eigenvalue weighted by Gasteiger charge is -2.47. The van der Waals surface area contributed by atoms with E-state index in [0.29, 0.717) is 6.04 Å². The van der Waals surface area contributed by atoms with E-state index in [2.05, 4.69) is 45.8 Å². The van der Waals surface area contributed by atoms with Crippen LogP contribution in [0.5, 0.6) is 5.75 Å². The van der Waals surface area contributed by atoms with Crippen LogP contribution in [-0.2, 0) is 5.41 Å². The average Bonchev–Trinajstić information content (AvgIpc) is 3.22. The van der Waals surface area contributed by atoms with Crippen LogP contribution in [0, 0.1) is 0 Å². The van der Waals surface area contributed by atoms with E-state index in [0.717, 1.165) is 30.3 Å². The molecule has 0 amide bonds. The van der Waals surface area contributed by atoms with Crippen LogP contribution in [0.25, 0.3) is 0 Å². The van der Waals surface area contributed by atoms with E-state index in [9.17, 15) is 0 Å². The molecule has 1 aliphatic carbocycles. The minimum Gasteiger partial charge on any atom is -0.497 e. The third-order valence-corrected chi connectivity index (χ3v) is 7.74. The smallest absolute Gasteiger partial charge is 0.191 e. The first-order valence-corrected chi connectivity index (χ1v) is 11.5. The second kappa shape index (κ2) is 10.5. The number of benzene rings is 1. The Morgan fingerprint density at radius 1 is 1.17 bits per heavy atom. The van der Waals surface area contributed by atoms with Crippen LogP contribution in [0.4, 0.5) is 0 Å². The van der Waals surface area contributed by atoms with Crippen molar-refractivity contribution in [2.24, 2.45) is 4.99 Å². The Kier molecular flexibility index (Phi) is 8.30. The number of nitrogens with zero attached hydrogens (tertiary/aromatic N) is 2. The van der Waals surface area contributed by atoms with Crippen molar-refractivity contribution < 1.29 is 4.74 Å². The fraction of sp³-hybridized carbons (Fsp3) is 0.708. The molecule has 2 saturated heterocycles. The number of aliphatic imine (C=N–C) groups is 1. The molecule has 0 aromatic heterocycles. The maximum atomic E-state index is 5.49. The molecule has 30 heavy (non-hydrogen) atoms. The largest absolute Gasteiger partial charge is 0.497 e. The van der Waals surface area contributed by atoms with Crippen LogP contribution >= 0.6 is 24.0 Å². The maximum Gasteiger partial charge on any atom is 0.191 e. The molecule has 5 nitrogen and oxygen atoms in total. The first-order valence-electron chi connectivity index (χ1n) is 11.5. The second-order valence-electron chi connectivity index (χ2n) is 9.36. The zero-order chi connectivity index (χ0) is 20.3. The molecule has 0 spiro atoms. The van der Waals surface area contributed by atoms with Gasteiger partial charge in [0.25, 0.3) is 0 Å². The zero-order valence-corrected chi connectivity index (χ0v) is 21.2. The summed E-state index contributed by atoms with van der Waals surface area (Å²) in [4.78, 5) is 7.19. The quantitative estimate of drug-likeness (QED) is 0.341. The van der Waals surface area contributed by atoms with Gasteiger partial charge in [0.15, 0.2) is 5.96 Å². The topological polar surface area (TPSA) is 48.9 Å². The average molecular weight is 527 g/mol. The van der Waals surface area contributed by atoms with Gasteiger partial charge in [0.2, 0.25) is 0 Å². The lowest BCUT2D eigenvalue weighted by molar-refractivity contribution is 0.0526. The highest BCUT2D eigenvalue weighted by Gasteiger charge is 2.38. The Morgan fingerprint density at radius 3 is 2.50 bits per heavy atom. The SMILES string of the molecule is CN=C(NCC1(c2cccc(OC)c2)CCCC1)NC1CC2CCCC(C1)N2C.I. The summed E-state index contributed by atoms with van der Waals surface area (Å²) in [5, 5.41) is 7.45. The molecule has 1 saturated carbocycles. The van der Waals surface area contributed by atoms with E-state index in [1.807, 2.05) is 13.1 Å².